The molecule has 0 spiro atoms. The van der Waals surface area contributed by atoms with E-state index in [-0.39, 0.29) is 11.9 Å². The van der Waals surface area contributed by atoms with Gasteiger partial charge in [0.05, 0.1) is 5.56 Å². The van der Waals surface area contributed by atoms with Crippen LogP contribution in [-0.2, 0) is 17.4 Å². The first kappa shape index (κ1) is 20.6. The zero-order valence-electron chi connectivity index (χ0n) is 17.4. The number of nitrogens with one attached hydrogen (secondary N) is 1. The topological polar surface area (TPSA) is 56.4 Å². The van der Waals surface area contributed by atoms with E-state index in [1.165, 1.54) is 21.9 Å². The number of aromatic nitrogens is 1. The minimum Gasteiger partial charge on any atom is -0.356 e. The summed E-state index contributed by atoms with van der Waals surface area (Å²) >= 11 is 0. The first-order chi connectivity index (χ1) is 15.3. The molecule has 3 aromatic rings. The summed E-state index contributed by atoms with van der Waals surface area (Å²) in [5, 5.41) is 0.964. The van der Waals surface area contributed by atoms with Gasteiger partial charge in [-0.15, -0.1) is 0 Å². The molecule has 5 nitrogen and oxygen atoms in total. The first-order valence-electron chi connectivity index (χ1n) is 10.7. The number of hydrogen-bond acceptors (Lipinski definition) is 2. The van der Waals surface area contributed by atoms with Gasteiger partial charge in [-0.25, -0.2) is 4.79 Å². The Hall–Kier alpha value is -3.29. The SMILES string of the molecule is CCCCN1C(=O)[C@@H]2Cc3c([nH]c4ccccc34)[C@H](c3ccc(C(F)(F)F)cc3)N2C1=O. The zero-order valence-corrected chi connectivity index (χ0v) is 17.4. The molecule has 8 heteroatoms. The molecule has 32 heavy (non-hydrogen) atoms. The molecule has 0 saturated carbocycles. The number of unbranched alkanes of at least 4 members (excludes halogenated alkanes) is 1. The third-order valence-corrected chi connectivity index (χ3v) is 6.42. The Morgan fingerprint density at radius 3 is 2.47 bits per heavy atom. The fourth-order valence-electron chi connectivity index (χ4n) is 4.85. The molecule has 1 aromatic heterocycles. The van der Waals surface area contributed by atoms with Crippen molar-refractivity contribution in [3.05, 3.63) is 70.9 Å². The third kappa shape index (κ3) is 3.08. The monoisotopic (exact) mass is 441 g/mol. The predicted molar refractivity (Wildman–Crippen MR) is 113 cm³/mol. The predicted octanol–water partition coefficient (Wildman–Crippen LogP) is 5.27. The maximum Gasteiger partial charge on any atom is 0.416 e. The average Bonchev–Trinajstić information content (AvgIpc) is 3.26. The molecule has 0 aliphatic carbocycles. The van der Waals surface area contributed by atoms with Crippen LogP contribution in [0.25, 0.3) is 10.9 Å². The van der Waals surface area contributed by atoms with E-state index in [1.54, 1.807) is 0 Å². The van der Waals surface area contributed by atoms with Gasteiger partial charge in [0.1, 0.15) is 12.1 Å². The molecule has 2 aliphatic heterocycles. The van der Waals surface area contributed by atoms with Crippen molar-refractivity contribution in [2.24, 2.45) is 0 Å². The number of alkyl halides is 3. The third-order valence-electron chi connectivity index (χ3n) is 6.42. The second-order valence-electron chi connectivity index (χ2n) is 8.34. The lowest BCUT2D eigenvalue weighted by molar-refractivity contribution is -0.137. The van der Waals surface area contributed by atoms with Gasteiger partial charge in [0, 0.05) is 29.6 Å². The number of nitrogens with zero attached hydrogens (tertiary/aromatic N) is 2. The molecule has 0 unspecified atom stereocenters. The number of aromatic amines is 1. The molecule has 2 atom stereocenters. The molecule has 2 aliphatic rings. The summed E-state index contributed by atoms with van der Waals surface area (Å²) in [6.07, 6.45) is -2.52. The minimum absolute atomic E-state index is 0.240. The van der Waals surface area contributed by atoms with Gasteiger partial charge in [0.15, 0.2) is 0 Å². The lowest BCUT2D eigenvalue weighted by Gasteiger charge is -2.36. The molecule has 3 amide bonds. The molecule has 2 aromatic carbocycles. The molecule has 0 radical (unpaired) electrons. The van der Waals surface area contributed by atoms with Crippen LogP contribution in [0.2, 0.25) is 0 Å². The second-order valence-corrected chi connectivity index (χ2v) is 8.34. The van der Waals surface area contributed by atoms with Crippen LogP contribution in [0.5, 0.6) is 0 Å². The Balaban J connectivity index is 1.65. The maximum atomic E-state index is 13.3. The van der Waals surface area contributed by atoms with E-state index in [9.17, 15) is 22.8 Å². The van der Waals surface area contributed by atoms with Gasteiger partial charge < -0.3 is 4.98 Å². The number of hydrogen-bond donors (Lipinski definition) is 1. The molecular weight excluding hydrogens is 419 g/mol. The highest BCUT2D eigenvalue weighted by Crippen LogP contribution is 2.44. The Labute approximate surface area is 182 Å². The van der Waals surface area contributed by atoms with E-state index in [1.807, 2.05) is 31.2 Å². The largest absolute Gasteiger partial charge is 0.416 e. The highest BCUT2D eigenvalue weighted by molar-refractivity contribution is 6.05. The zero-order chi connectivity index (χ0) is 22.6. The fourth-order valence-corrected chi connectivity index (χ4v) is 4.85. The van der Waals surface area contributed by atoms with Gasteiger partial charge in [-0.05, 0) is 35.7 Å². The van der Waals surface area contributed by atoms with Crippen LogP contribution in [0, 0.1) is 0 Å². The summed E-state index contributed by atoms with van der Waals surface area (Å²) in [7, 11) is 0. The van der Waals surface area contributed by atoms with Crippen molar-refractivity contribution in [1.29, 1.82) is 0 Å². The number of fused-ring (bicyclic) bond motifs is 4. The van der Waals surface area contributed by atoms with Crippen molar-refractivity contribution in [2.45, 2.75) is 44.4 Å². The number of amides is 3. The summed E-state index contributed by atoms with van der Waals surface area (Å²) in [5.74, 6) is -0.240. The average molecular weight is 441 g/mol. The maximum absolute atomic E-state index is 13.3. The summed E-state index contributed by atoms with van der Waals surface area (Å²) in [4.78, 5) is 32.7. The van der Waals surface area contributed by atoms with Gasteiger partial charge in [-0.1, -0.05) is 43.7 Å². The summed E-state index contributed by atoms with van der Waals surface area (Å²) < 4.78 is 39.3. The van der Waals surface area contributed by atoms with Gasteiger partial charge in [0.2, 0.25) is 0 Å². The van der Waals surface area contributed by atoms with Gasteiger partial charge >= 0.3 is 12.2 Å². The van der Waals surface area contributed by atoms with E-state index in [2.05, 4.69) is 4.98 Å². The van der Waals surface area contributed by atoms with E-state index in [0.717, 1.165) is 40.7 Å². The standard InChI is InChI=1S/C24H22F3N3O2/c1-2-3-12-29-22(31)19-13-17-16-6-4-5-7-18(16)28-20(17)21(30(19)23(29)32)14-8-10-15(11-9-14)24(25,26)27/h4-11,19,21,28H,2-3,12-13H2,1H3/t19-,21-/m0/s1. The molecule has 5 rings (SSSR count). The van der Waals surface area contributed by atoms with Crippen LogP contribution in [-0.4, -0.2) is 39.3 Å². The number of halogens is 3. The van der Waals surface area contributed by atoms with Crippen molar-refractivity contribution in [3.8, 4) is 0 Å². The highest BCUT2D eigenvalue weighted by atomic mass is 19.4. The Morgan fingerprint density at radius 2 is 1.78 bits per heavy atom. The number of para-hydroxylation sites is 1. The normalized spacial score (nSPS) is 20.8. The van der Waals surface area contributed by atoms with Crippen molar-refractivity contribution in [2.75, 3.05) is 6.54 Å². The molecule has 1 saturated heterocycles. The number of carbonyl (C=O) groups excluding carboxylic acids is 2. The Morgan fingerprint density at radius 1 is 1.06 bits per heavy atom. The van der Waals surface area contributed by atoms with Gasteiger partial charge in [-0.3, -0.25) is 14.6 Å². The van der Waals surface area contributed by atoms with E-state index in [0.29, 0.717) is 24.9 Å². The quantitative estimate of drug-likeness (QED) is 0.561. The van der Waals surface area contributed by atoms with Crippen LogP contribution >= 0.6 is 0 Å². The highest BCUT2D eigenvalue weighted by Gasteiger charge is 2.52. The van der Waals surface area contributed by atoms with Crippen LogP contribution in [0.15, 0.2) is 48.5 Å². The number of imide groups is 1. The molecule has 1 N–H and O–H groups in total. The van der Waals surface area contributed by atoms with E-state index >= 15 is 0 Å². The molecule has 166 valence electrons. The summed E-state index contributed by atoms with van der Waals surface area (Å²) in [6.45, 7) is 2.33. The summed E-state index contributed by atoms with van der Waals surface area (Å²) in [5.41, 5.74) is 2.34. The van der Waals surface area contributed by atoms with Crippen LogP contribution < -0.4 is 0 Å². The molecule has 3 heterocycles. The first-order valence-corrected chi connectivity index (χ1v) is 10.7. The number of urea groups is 1. The number of H-pyrrole nitrogens is 1. The fraction of sp³-hybridized carbons (Fsp3) is 0.333. The summed E-state index contributed by atoms with van der Waals surface area (Å²) in [6, 6.07) is 10.8. The van der Waals surface area contributed by atoms with E-state index in [4.69, 9.17) is 0 Å². The second kappa shape index (κ2) is 7.39. The van der Waals surface area contributed by atoms with E-state index < -0.39 is 23.8 Å². The van der Waals surface area contributed by atoms with Crippen molar-refractivity contribution < 1.29 is 22.8 Å². The number of rotatable bonds is 4. The van der Waals surface area contributed by atoms with Crippen molar-refractivity contribution in [1.82, 2.24) is 14.8 Å². The Bertz CT molecular complexity index is 1200. The van der Waals surface area contributed by atoms with Crippen LogP contribution in [0.1, 0.15) is 48.2 Å². The smallest absolute Gasteiger partial charge is 0.356 e. The van der Waals surface area contributed by atoms with Gasteiger partial charge in [-0.2, -0.15) is 13.2 Å². The van der Waals surface area contributed by atoms with Crippen LogP contribution in [0.3, 0.4) is 0 Å². The molecular formula is C24H22F3N3O2. The molecule has 1 fully saturated rings. The van der Waals surface area contributed by atoms with Crippen LogP contribution in [0.4, 0.5) is 18.0 Å². The van der Waals surface area contributed by atoms with Crippen molar-refractivity contribution in [3.63, 3.8) is 0 Å². The minimum atomic E-state index is -4.45. The van der Waals surface area contributed by atoms with Gasteiger partial charge in [0.25, 0.3) is 5.91 Å². The van der Waals surface area contributed by atoms with Crippen molar-refractivity contribution >= 4 is 22.8 Å². The lowest BCUT2D eigenvalue weighted by Crippen LogP contribution is -2.44. The molecule has 0 bridgehead atoms. The Kier molecular flexibility index (Phi) is 4.76. The lowest BCUT2D eigenvalue weighted by atomic mass is 9.88. The number of carbonyl (C=O) groups is 2. The number of benzene rings is 2.